The average Bonchev–Trinajstić information content (AvgIpc) is 3.00. The number of alkyl halides is 3. The lowest BCUT2D eigenvalue weighted by Gasteiger charge is -2.15. The summed E-state index contributed by atoms with van der Waals surface area (Å²) in [5.74, 6) is 1.54. The van der Waals surface area contributed by atoms with Gasteiger partial charge in [-0.05, 0) is 38.0 Å². The molecule has 9 heteroatoms. The van der Waals surface area contributed by atoms with Gasteiger partial charge in [0, 0.05) is 13.2 Å². The number of nitrogens with zero attached hydrogens (tertiary/aromatic N) is 4. The van der Waals surface area contributed by atoms with Crippen molar-refractivity contribution in [3.05, 3.63) is 23.7 Å². The summed E-state index contributed by atoms with van der Waals surface area (Å²) in [5.41, 5.74) is 0.765. The molecule has 0 saturated heterocycles. The van der Waals surface area contributed by atoms with Crippen LogP contribution < -0.4 is 10.6 Å². The van der Waals surface area contributed by atoms with Gasteiger partial charge in [0.2, 0.25) is 5.95 Å². The second-order valence-electron chi connectivity index (χ2n) is 6.80. The van der Waals surface area contributed by atoms with Crippen LogP contribution in [0, 0.1) is 18.8 Å². The van der Waals surface area contributed by atoms with E-state index >= 15 is 0 Å². The third kappa shape index (κ3) is 2.91. The maximum atomic E-state index is 12.9. The molecule has 2 N–H and O–H groups in total. The fourth-order valence-electron chi connectivity index (χ4n) is 3.76. The third-order valence-electron chi connectivity index (χ3n) is 5.19. The zero-order valence-electron chi connectivity index (χ0n) is 13.9. The number of anilines is 3. The van der Waals surface area contributed by atoms with Crippen molar-refractivity contribution < 1.29 is 13.2 Å². The van der Waals surface area contributed by atoms with E-state index in [1.807, 2.05) is 11.6 Å². The number of fused-ring (bicyclic) bond motifs is 1. The summed E-state index contributed by atoms with van der Waals surface area (Å²) >= 11 is 0. The van der Waals surface area contributed by atoms with Crippen molar-refractivity contribution in [3.63, 3.8) is 0 Å². The summed E-state index contributed by atoms with van der Waals surface area (Å²) in [7, 11) is 1.40. The molecular formula is C16H19F3N6. The predicted molar refractivity (Wildman–Crippen MR) is 86.7 cm³/mol. The van der Waals surface area contributed by atoms with E-state index in [0.717, 1.165) is 36.6 Å². The van der Waals surface area contributed by atoms with Gasteiger partial charge in [0.15, 0.2) is 0 Å². The Morgan fingerprint density at radius 1 is 1.16 bits per heavy atom. The van der Waals surface area contributed by atoms with Gasteiger partial charge in [0.05, 0.1) is 23.6 Å². The van der Waals surface area contributed by atoms with E-state index in [1.165, 1.54) is 13.5 Å². The van der Waals surface area contributed by atoms with Crippen LogP contribution in [0.5, 0.6) is 0 Å². The van der Waals surface area contributed by atoms with E-state index in [4.69, 9.17) is 0 Å². The van der Waals surface area contributed by atoms with Crippen LogP contribution in [0.4, 0.5) is 30.6 Å². The first-order valence-corrected chi connectivity index (χ1v) is 8.30. The summed E-state index contributed by atoms with van der Waals surface area (Å²) in [6.07, 6.45) is 1.63. The lowest BCUT2D eigenvalue weighted by atomic mass is 10.1. The Morgan fingerprint density at radius 3 is 2.52 bits per heavy atom. The molecule has 134 valence electrons. The monoisotopic (exact) mass is 352 g/mol. The number of nitrogens with one attached hydrogen (secondary N) is 2. The lowest BCUT2D eigenvalue weighted by Crippen LogP contribution is -2.13. The molecule has 2 aromatic heterocycles. The Hall–Kier alpha value is -2.32. The molecule has 2 saturated carbocycles. The number of rotatable bonds is 4. The minimum Gasteiger partial charge on any atom is -0.372 e. The van der Waals surface area contributed by atoms with Crippen LogP contribution in [0.3, 0.4) is 0 Å². The van der Waals surface area contributed by atoms with Crippen molar-refractivity contribution in [3.8, 4) is 0 Å². The van der Waals surface area contributed by atoms with Crippen molar-refractivity contribution in [1.29, 1.82) is 0 Å². The highest BCUT2D eigenvalue weighted by Gasteiger charge is 2.47. The number of hydrogen-bond donors (Lipinski definition) is 2. The van der Waals surface area contributed by atoms with Crippen molar-refractivity contribution >= 4 is 17.5 Å². The Labute approximate surface area is 142 Å². The Kier molecular flexibility index (Phi) is 3.62. The van der Waals surface area contributed by atoms with E-state index in [-0.39, 0.29) is 11.8 Å². The molecule has 3 atom stereocenters. The minimum atomic E-state index is -4.50. The first-order valence-electron chi connectivity index (χ1n) is 8.30. The maximum absolute atomic E-state index is 12.9. The molecule has 0 amide bonds. The van der Waals surface area contributed by atoms with Gasteiger partial charge in [-0.1, -0.05) is 0 Å². The molecule has 0 spiro atoms. The summed E-state index contributed by atoms with van der Waals surface area (Å²) in [5, 5.41) is 9.90. The minimum absolute atomic E-state index is 0.106. The third-order valence-corrected chi connectivity index (χ3v) is 5.19. The SMILES string of the molecule is CNc1nc(Nc2cnn(C3CC4C[C@@H]4C3)c2C)ncc1C(F)(F)F. The van der Waals surface area contributed by atoms with E-state index in [0.29, 0.717) is 11.7 Å². The van der Waals surface area contributed by atoms with Crippen LogP contribution in [0.15, 0.2) is 12.4 Å². The largest absolute Gasteiger partial charge is 0.421 e. The van der Waals surface area contributed by atoms with Crippen LogP contribution in [0.1, 0.15) is 36.6 Å². The maximum Gasteiger partial charge on any atom is 0.421 e. The topological polar surface area (TPSA) is 67.7 Å². The summed E-state index contributed by atoms with van der Waals surface area (Å²) < 4.78 is 40.8. The fraction of sp³-hybridized carbons (Fsp3) is 0.562. The van der Waals surface area contributed by atoms with Gasteiger partial charge in [0.25, 0.3) is 0 Å². The Morgan fingerprint density at radius 2 is 1.88 bits per heavy atom. The summed E-state index contributed by atoms with van der Waals surface area (Å²) in [6.45, 7) is 1.95. The normalized spacial score (nSPS) is 24.9. The van der Waals surface area contributed by atoms with Crippen molar-refractivity contribution in [2.24, 2.45) is 11.8 Å². The van der Waals surface area contributed by atoms with Gasteiger partial charge in [-0.25, -0.2) is 4.98 Å². The number of hydrogen-bond acceptors (Lipinski definition) is 5. The second kappa shape index (κ2) is 5.60. The predicted octanol–water partition coefficient (Wildman–Crippen LogP) is 3.76. The highest BCUT2D eigenvalue weighted by atomic mass is 19.4. The van der Waals surface area contributed by atoms with Crippen LogP contribution in [-0.4, -0.2) is 26.8 Å². The van der Waals surface area contributed by atoms with Gasteiger partial charge < -0.3 is 10.6 Å². The molecule has 2 aliphatic rings. The lowest BCUT2D eigenvalue weighted by molar-refractivity contribution is -0.137. The van der Waals surface area contributed by atoms with Gasteiger partial charge in [-0.15, -0.1) is 0 Å². The van der Waals surface area contributed by atoms with E-state index < -0.39 is 11.7 Å². The highest BCUT2D eigenvalue weighted by Crippen LogP contribution is 2.56. The standard InChI is InChI=1S/C16H19F3N6/c1-8-13(7-22-25(8)11-4-9-3-10(9)5-11)23-15-21-6-12(16(17,18)19)14(20-2)24-15/h6-7,9-11H,3-5H2,1-2H3,(H2,20,21,23,24)/t9-,10?,11?/m1/s1. The van der Waals surface area contributed by atoms with Gasteiger partial charge >= 0.3 is 6.18 Å². The molecule has 6 nitrogen and oxygen atoms in total. The second-order valence-corrected chi connectivity index (χ2v) is 6.80. The van der Waals surface area contributed by atoms with E-state index in [1.54, 1.807) is 6.20 Å². The molecule has 0 radical (unpaired) electrons. The van der Waals surface area contributed by atoms with Crippen LogP contribution in [-0.2, 0) is 6.18 Å². The zero-order chi connectivity index (χ0) is 17.8. The molecule has 2 fully saturated rings. The smallest absolute Gasteiger partial charge is 0.372 e. The quantitative estimate of drug-likeness (QED) is 0.877. The molecule has 2 aromatic rings. The van der Waals surface area contributed by atoms with Crippen LogP contribution >= 0.6 is 0 Å². The van der Waals surface area contributed by atoms with E-state index in [2.05, 4.69) is 25.7 Å². The van der Waals surface area contributed by atoms with Crippen LogP contribution in [0.25, 0.3) is 0 Å². The van der Waals surface area contributed by atoms with Crippen molar-refractivity contribution in [2.75, 3.05) is 17.7 Å². The molecule has 25 heavy (non-hydrogen) atoms. The molecule has 0 aromatic carbocycles. The van der Waals surface area contributed by atoms with Gasteiger partial charge in [-0.3, -0.25) is 4.68 Å². The van der Waals surface area contributed by atoms with Crippen molar-refractivity contribution in [2.45, 2.75) is 38.4 Å². The Bertz CT molecular complexity index is 790. The zero-order valence-corrected chi connectivity index (χ0v) is 13.9. The molecule has 4 rings (SSSR count). The number of aromatic nitrogens is 4. The molecular weight excluding hydrogens is 333 g/mol. The first kappa shape index (κ1) is 16.2. The first-order chi connectivity index (χ1) is 11.9. The molecule has 0 bridgehead atoms. The van der Waals surface area contributed by atoms with Gasteiger partial charge in [-0.2, -0.15) is 23.3 Å². The van der Waals surface area contributed by atoms with Gasteiger partial charge in [0.1, 0.15) is 11.4 Å². The Balaban J connectivity index is 1.55. The number of halogens is 3. The fourth-order valence-corrected chi connectivity index (χ4v) is 3.76. The highest BCUT2D eigenvalue weighted by molar-refractivity contribution is 5.58. The summed E-state index contributed by atoms with van der Waals surface area (Å²) in [4.78, 5) is 7.73. The average molecular weight is 352 g/mol. The summed E-state index contributed by atoms with van der Waals surface area (Å²) in [6, 6.07) is 0.417. The van der Waals surface area contributed by atoms with Crippen LogP contribution in [0.2, 0.25) is 0 Å². The molecule has 2 aliphatic carbocycles. The molecule has 0 aliphatic heterocycles. The molecule has 2 heterocycles. The van der Waals surface area contributed by atoms with Crippen molar-refractivity contribution in [1.82, 2.24) is 19.7 Å². The van der Waals surface area contributed by atoms with E-state index in [9.17, 15) is 13.2 Å². The molecule has 2 unspecified atom stereocenters.